The summed E-state index contributed by atoms with van der Waals surface area (Å²) in [7, 11) is -4.55. The number of nitro groups is 1. The minimum atomic E-state index is -4.55. The molecule has 15 heteroatoms. The lowest BCUT2D eigenvalue weighted by atomic mass is 9.98. The maximum atomic E-state index is 14.1. The molecule has 0 fully saturated rings. The van der Waals surface area contributed by atoms with E-state index in [9.17, 15) is 28.1 Å². The van der Waals surface area contributed by atoms with Gasteiger partial charge in [0.05, 0.1) is 18.9 Å². The molecule has 0 radical (unpaired) electrons. The van der Waals surface area contributed by atoms with Gasteiger partial charge in [0.1, 0.15) is 18.0 Å². The van der Waals surface area contributed by atoms with Gasteiger partial charge >= 0.3 is 6.09 Å². The topological polar surface area (TPSA) is 189 Å². The van der Waals surface area contributed by atoms with Gasteiger partial charge in [-0.2, -0.15) is 0 Å². The Morgan fingerprint density at radius 1 is 1.17 bits per heavy atom. The van der Waals surface area contributed by atoms with Gasteiger partial charge in [-0.25, -0.2) is 13.2 Å². The lowest BCUT2D eigenvalue weighted by Crippen LogP contribution is -2.36. The first kappa shape index (κ1) is 31.7. The number of sulfone groups is 1. The van der Waals surface area contributed by atoms with E-state index in [0.717, 1.165) is 29.2 Å². The van der Waals surface area contributed by atoms with Crippen LogP contribution >= 0.6 is 23.1 Å². The number of thioether (sulfide) groups is 1. The average Bonchev–Trinajstić information content (AvgIpc) is 3.33. The summed E-state index contributed by atoms with van der Waals surface area (Å²) < 4.78 is 33.6. The third-order valence-electron chi connectivity index (χ3n) is 5.50. The molecule has 0 spiro atoms. The van der Waals surface area contributed by atoms with E-state index in [1.165, 1.54) is 19.1 Å². The molecular formula is C26H28N4O8S3. The fraction of sp³-hybridized carbons (Fsp3) is 0.269. The highest BCUT2D eigenvalue weighted by atomic mass is 32.2. The van der Waals surface area contributed by atoms with Crippen LogP contribution in [0.15, 0.2) is 56.5 Å². The van der Waals surface area contributed by atoms with E-state index in [-0.39, 0.29) is 25.2 Å². The van der Waals surface area contributed by atoms with Crippen molar-refractivity contribution in [2.24, 2.45) is 0 Å². The summed E-state index contributed by atoms with van der Waals surface area (Å²) in [5, 5.41) is 34.3. The fourth-order valence-corrected chi connectivity index (χ4v) is 8.16. The monoisotopic (exact) mass is 620 g/mol. The molecule has 0 aliphatic carbocycles. The summed E-state index contributed by atoms with van der Waals surface area (Å²) >= 11 is 2.00. The second-order valence-corrected chi connectivity index (χ2v) is 13.5. The number of ether oxygens (including phenoxy) is 1. The summed E-state index contributed by atoms with van der Waals surface area (Å²) in [6, 6.07) is 10.1. The molecule has 0 unspecified atom stereocenters. The number of amides is 2. The van der Waals surface area contributed by atoms with E-state index in [1.54, 1.807) is 51.3 Å². The van der Waals surface area contributed by atoms with Crippen molar-refractivity contribution in [3.63, 3.8) is 0 Å². The molecule has 3 aromatic rings. The number of amidine groups is 1. The van der Waals surface area contributed by atoms with Crippen molar-refractivity contribution in [2.45, 2.75) is 47.3 Å². The smallest absolute Gasteiger partial charge is 0.413 e. The van der Waals surface area contributed by atoms with Crippen LogP contribution in [-0.4, -0.2) is 54.7 Å². The zero-order chi connectivity index (χ0) is 30.7. The maximum Gasteiger partial charge on any atom is 0.413 e. The molecular weight excluding hydrogens is 593 g/mol. The van der Waals surface area contributed by atoms with E-state index >= 15 is 0 Å². The van der Waals surface area contributed by atoms with Crippen LogP contribution in [0.4, 0.5) is 16.2 Å². The van der Waals surface area contributed by atoms with Crippen molar-refractivity contribution in [3.05, 3.63) is 63.0 Å². The van der Waals surface area contributed by atoms with E-state index in [1.807, 2.05) is 0 Å². The number of rotatable bonds is 8. The predicted molar refractivity (Wildman–Crippen MR) is 157 cm³/mol. The zero-order valence-corrected chi connectivity index (χ0v) is 25.2. The zero-order valence-electron chi connectivity index (χ0n) is 22.7. The first-order valence-electron chi connectivity index (χ1n) is 11.9. The molecule has 0 saturated carbocycles. The highest BCUT2D eigenvalue weighted by Gasteiger charge is 2.35. The molecule has 0 atom stereocenters. The highest BCUT2D eigenvalue weighted by molar-refractivity contribution is 8.01. The first-order valence-corrected chi connectivity index (χ1v) is 15.4. The van der Waals surface area contributed by atoms with Gasteiger partial charge in [-0.05, 0) is 63.3 Å². The molecule has 12 nitrogen and oxygen atoms in total. The Kier molecular flexibility index (Phi) is 9.58. The SMILES string of the molecule is CSc1sc(C(=N)NC(=O)OC(C)(C)C)cc1S(=O)(=O)c1c([N+](=O)[O-])ccc(-c2ccccc2NC(=O)CO)c1C. The Bertz CT molecular complexity index is 1640. The van der Waals surface area contributed by atoms with Gasteiger partial charge in [-0.3, -0.25) is 25.6 Å². The van der Waals surface area contributed by atoms with Crippen LogP contribution in [-0.2, 0) is 19.4 Å². The lowest BCUT2D eigenvalue weighted by molar-refractivity contribution is -0.387. The van der Waals surface area contributed by atoms with Gasteiger partial charge in [-0.15, -0.1) is 23.1 Å². The number of aliphatic hydroxyl groups is 1. The number of nitro benzene ring substituents is 1. The third-order valence-corrected chi connectivity index (χ3v) is 10.00. The summed E-state index contributed by atoms with van der Waals surface area (Å²) in [6.45, 7) is 5.61. The second kappa shape index (κ2) is 12.4. The van der Waals surface area contributed by atoms with Gasteiger partial charge < -0.3 is 15.2 Å². The summed E-state index contributed by atoms with van der Waals surface area (Å²) in [5.74, 6) is -1.09. The fourth-order valence-electron chi connectivity index (χ4n) is 3.86. The van der Waals surface area contributed by atoms with E-state index in [0.29, 0.717) is 11.1 Å². The van der Waals surface area contributed by atoms with Crippen LogP contribution in [0.1, 0.15) is 31.2 Å². The molecule has 0 saturated heterocycles. The van der Waals surface area contributed by atoms with Gasteiger partial charge in [0.25, 0.3) is 5.69 Å². The van der Waals surface area contributed by atoms with Gasteiger partial charge in [-0.1, -0.05) is 18.2 Å². The Morgan fingerprint density at radius 2 is 1.83 bits per heavy atom. The number of anilines is 1. The minimum Gasteiger partial charge on any atom is -0.444 e. The molecule has 218 valence electrons. The summed E-state index contributed by atoms with van der Waals surface area (Å²) in [6.07, 6.45) is 0.731. The molecule has 0 aliphatic rings. The van der Waals surface area contributed by atoms with E-state index in [2.05, 4.69) is 10.6 Å². The molecule has 41 heavy (non-hydrogen) atoms. The molecule has 0 bridgehead atoms. The summed E-state index contributed by atoms with van der Waals surface area (Å²) in [5.41, 5.74) is -0.437. The molecule has 1 heterocycles. The van der Waals surface area contributed by atoms with Crippen molar-refractivity contribution in [1.82, 2.24) is 5.32 Å². The number of nitrogens with one attached hydrogen (secondary N) is 3. The number of nitrogens with zero attached hydrogens (tertiary/aromatic N) is 1. The van der Waals surface area contributed by atoms with Crippen LogP contribution < -0.4 is 10.6 Å². The van der Waals surface area contributed by atoms with Crippen LogP contribution in [0, 0.1) is 22.4 Å². The van der Waals surface area contributed by atoms with E-state index in [4.69, 9.17) is 15.3 Å². The average molecular weight is 621 g/mol. The molecule has 1 aromatic heterocycles. The van der Waals surface area contributed by atoms with Crippen molar-refractivity contribution >= 4 is 62.1 Å². The normalized spacial score (nSPS) is 11.6. The number of hydrogen-bond acceptors (Lipinski definition) is 11. The van der Waals surface area contributed by atoms with Gasteiger partial charge in [0.2, 0.25) is 15.7 Å². The number of alkyl carbamates (subject to hydrolysis) is 1. The Balaban J connectivity index is 2.17. The standard InChI is InChI=1S/C26H28N4O8S3/c1-14-15(16-8-6-7-9-17(16)28-21(32)13-31)10-11-18(30(34)35)22(14)41(36,37)20-12-19(40-24(20)39-5)23(27)29-25(33)38-26(2,3)4/h6-12,31H,13H2,1-5H3,(H,28,32)(H2,27,29,33). The van der Waals surface area contributed by atoms with Crippen LogP contribution in [0.5, 0.6) is 0 Å². The number of carbonyl (C=O) groups excluding carboxylic acids is 2. The molecule has 2 aromatic carbocycles. The number of para-hydroxylation sites is 1. The van der Waals surface area contributed by atoms with Crippen LogP contribution in [0.3, 0.4) is 0 Å². The number of carbonyl (C=O) groups is 2. The number of hydrogen-bond donors (Lipinski definition) is 4. The second-order valence-electron chi connectivity index (χ2n) is 9.57. The quantitative estimate of drug-likeness (QED) is 0.0886. The first-order chi connectivity index (χ1) is 19.1. The predicted octanol–water partition coefficient (Wildman–Crippen LogP) is 4.97. The molecule has 4 N–H and O–H groups in total. The lowest BCUT2D eigenvalue weighted by Gasteiger charge is -2.19. The van der Waals surface area contributed by atoms with Crippen molar-refractivity contribution in [1.29, 1.82) is 5.41 Å². The highest BCUT2D eigenvalue weighted by Crippen LogP contribution is 2.43. The number of benzene rings is 2. The molecule has 3 rings (SSSR count). The van der Waals surface area contributed by atoms with Crippen molar-refractivity contribution in [3.8, 4) is 11.1 Å². The van der Waals surface area contributed by atoms with Crippen LogP contribution in [0.2, 0.25) is 0 Å². The Labute approximate surface area is 244 Å². The Morgan fingerprint density at radius 3 is 2.41 bits per heavy atom. The van der Waals surface area contributed by atoms with E-state index < -0.39 is 55.4 Å². The largest absolute Gasteiger partial charge is 0.444 e. The third kappa shape index (κ3) is 7.11. The minimum absolute atomic E-state index is 0.0617. The van der Waals surface area contributed by atoms with Crippen molar-refractivity contribution < 1.29 is 32.8 Å². The van der Waals surface area contributed by atoms with Gasteiger partial charge in [0.15, 0.2) is 4.90 Å². The maximum absolute atomic E-state index is 14.1. The summed E-state index contributed by atoms with van der Waals surface area (Å²) in [4.78, 5) is 34.6. The van der Waals surface area contributed by atoms with Crippen LogP contribution in [0.25, 0.3) is 11.1 Å². The van der Waals surface area contributed by atoms with Gasteiger partial charge in [0, 0.05) is 17.3 Å². The molecule has 2 amide bonds. The molecule has 0 aliphatic heterocycles. The van der Waals surface area contributed by atoms with Crippen molar-refractivity contribution in [2.75, 3.05) is 18.2 Å². The number of thiophene rings is 1. The number of aliphatic hydroxyl groups excluding tert-OH is 1. The Hall–Kier alpha value is -3.79.